The number of aliphatic imine (C=N–C) groups is 2. The first-order chi connectivity index (χ1) is 19.4. The number of aryl methyl sites for hydroxylation is 2. The highest BCUT2D eigenvalue weighted by atomic mass is 32.2. The van der Waals surface area contributed by atoms with Crippen LogP contribution in [0.1, 0.15) is 22.3 Å². The molecule has 40 heavy (non-hydrogen) atoms. The molecule has 0 saturated heterocycles. The van der Waals surface area contributed by atoms with Crippen LogP contribution in [0.3, 0.4) is 0 Å². The summed E-state index contributed by atoms with van der Waals surface area (Å²) in [7, 11) is 0. The standard InChI is InChI=1S/C28H20N6O2S4/c1-15-3-7-17(8-4-15)11-21-23(35)31-27(39-21)33-25-29-19(13-37-25)20-14-38-26(30-20)34-28-32-24(36)22(40-28)12-18-9-5-16(2)6-10-18/h3-14H,1-2H3,(H,29,31,33,35)(H,30,32,34,36)/b21-11+,22-12+. The Morgan fingerprint density at radius 3 is 1.43 bits per heavy atom. The van der Waals surface area contributed by atoms with E-state index in [0.717, 1.165) is 22.3 Å². The van der Waals surface area contributed by atoms with Crippen LogP contribution in [0.25, 0.3) is 23.5 Å². The molecular weight excluding hydrogens is 581 g/mol. The number of thiazole rings is 2. The van der Waals surface area contributed by atoms with Crippen LogP contribution < -0.4 is 10.6 Å². The molecule has 0 radical (unpaired) electrons. The van der Waals surface area contributed by atoms with Crippen molar-refractivity contribution >= 4 is 90.8 Å². The number of hydrogen-bond acceptors (Lipinski definition) is 10. The summed E-state index contributed by atoms with van der Waals surface area (Å²) >= 11 is 5.38. The summed E-state index contributed by atoms with van der Waals surface area (Å²) in [4.78, 5) is 43.3. The first-order valence-corrected chi connectivity index (χ1v) is 15.4. The number of nitrogens with one attached hydrogen (secondary N) is 2. The number of nitrogens with zero attached hydrogens (tertiary/aromatic N) is 4. The Morgan fingerprint density at radius 2 is 1.02 bits per heavy atom. The van der Waals surface area contributed by atoms with E-state index in [4.69, 9.17) is 0 Å². The predicted molar refractivity (Wildman–Crippen MR) is 169 cm³/mol. The molecule has 0 unspecified atom stereocenters. The van der Waals surface area contributed by atoms with E-state index in [1.807, 2.05) is 85.3 Å². The summed E-state index contributed by atoms with van der Waals surface area (Å²) in [6.45, 7) is 4.05. The number of carbonyl (C=O) groups excluding carboxylic acids is 2. The lowest BCUT2D eigenvalue weighted by molar-refractivity contribution is -0.114. The predicted octanol–water partition coefficient (Wildman–Crippen LogP) is 7.05. The fourth-order valence-electron chi connectivity index (χ4n) is 3.63. The summed E-state index contributed by atoms with van der Waals surface area (Å²) in [5.41, 5.74) is 5.61. The van der Waals surface area contributed by atoms with Gasteiger partial charge in [-0.1, -0.05) is 59.7 Å². The van der Waals surface area contributed by atoms with Crippen molar-refractivity contribution in [2.45, 2.75) is 13.8 Å². The molecule has 0 bridgehead atoms. The van der Waals surface area contributed by atoms with Gasteiger partial charge in [-0.3, -0.25) is 9.59 Å². The molecule has 4 aromatic rings. The Labute approximate surface area is 246 Å². The number of rotatable bonds is 5. The average Bonchev–Trinajstić information content (AvgIpc) is 3.72. The molecule has 2 aliphatic rings. The summed E-state index contributed by atoms with van der Waals surface area (Å²) < 4.78 is 0. The van der Waals surface area contributed by atoms with E-state index in [0.29, 0.717) is 41.8 Å². The fraction of sp³-hybridized carbons (Fsp3) is 0.0714. The maximum Gasteiger partial charge on any atom is 0.286 e. The molecule has 0 aliphatic carbocycles. The number of anilines is 2. The molecule has 2 N–H and O–H groups in total. The van der Waals surface area contributed by atoms with E-state index in [1.54, 1.807) is 0 Å². The van der Waals surface area contributed by atoms with E-state index < -0.39 is 0 Å². The normalized spacial score (nSPS) is 17.1. The van der Waals surface area contributed by atoms with Crippen molar-refractivity contribution in [3.05, 3.63) is 91.4 Å². The Kier molecular flexibility index (Phi) is 7.48. The first-order valence-electron chi connectivity index (χ1n) is 12.0. The minimum absolute atomic E-state index is 0.275. The van der Waals surface area contributed by atoms with Gasteiger partial charge in [0.25, 0.3) is 11.8 Å². The van der Waals surface area contributed by atoms with Gasteiger partial charge in [0, 0.05) is 10.8 Å². The van der Waals surface area contributed by atoms with E-state index in [9.17, 15) is 9.59 Å². The van der Waals surface area contributed by atoms with Gasteiger partial charge in [-0.25, -0.2) is 9.97 Å². The Bertz CT molecular complexity index is 1620. The van der Waals surface area contributed by atoms with Gasteiger partial charge in [0.2, 0.25) is 0 Å². The Morgan fingerprint density at radius 1 is 0.625 bits per heavy atom. The first kappa shape index (κ1) is 26.4. The SMILES string of the molecule is Cc1ccc(/C=C2/SC(Nc3nc(-c4csc(NC5=NC(=O)/C(=C\c6ccc(C)cc6)S5)n4)cs3)=NC2=O)cc1. The second-order valence-corrected chi connectivity index (χ2v) is 12.6. The zero-order chi connectivity index (χ0) is 27.6. The smallest absolute Gasteiger partial charge is 0.286 e. The number of amidine groups is 2. The molecule has 0 spiro atoms. The highest BCUT2D eigenvalue weighted by Gasteiger charge is 2.24. The molecule has 2 amide bonds. The lowest BCUT2D eigenvalue weighted by atomic mass is 10.1. The number of aromatic nitrogens is 2. The third-order valence-electron chi connectivity index (χ3n) is 5.69. The van der Waals surface area contributed by atoms with Crippen molar-refractivity contribution in [1.29, 1.82) is 0 Å². The van der Waals surface area contributed by atoms with Crippen LogP contribution in [0.2, 0.25) is 0 Å². The average molecular weight is 601 g/mol. The molecular formula is C28H20N6O2S4. The van der Waals surface area contributed by atoms with Crippen LogP contribution in [-0.2, 0) is 9.59 Å². The molecule has 198 valence electrons. The molecule has 2 aliphatic heterocycles. The lowest BCUT2D eigenvalue weighted by Crippen LogP contribution is -2.04. The maximum atomic E-state index is 12.4. The third-order valence-corrected chi connectivity index (χ3v) is 9.00. The number of hydrogen-bond donors (Lipinski definition) is 2. The Balaban J connectivity index is 1.07. The summed E-state index contributed by atoms with van der Waals surface area (Å²) in [5.74, 6) is -0.550. The van der Waals surface area contributed by atoms with E-state index in [-0.39, 0.29) is 11.8 Å². The molecule has 12 heteroatoms. The molecule has 0 atom stereocenters. The zero-order valence-electron chi connectivity index (χ0n) is 21.2. The van der Waals surface area contributed by atoms with Crippen LogP contribution in [0.4, 0.5) is 10.3 Å². The van der Waals surface area contributed by atoms with Gasteiger partial charge >= 0.3 is 0 Å². The van der Waals surface area contributed by atoms with Gasteiger partial charge in [-0.05, 0) is 60.7 Å². The number of thioether (sulfide) groups is 2. The summed E-state index contributed by atoms with van der Waals surface area (Å²) in [6.07, 6.45) is 3.67. The van der Waals surface area contributed by atoms with Gasteiger partial charge in [-0.2, -0.15) is 9.98 Å². The van der Waals surface area contributed by atoms with Crippen molar-refractivity contribution < 1.29 is 9.59 Å². The molecule has 8 nitrogen and oxygen atoms in total. The van der Waals surface area contributed by atoms with Crippen LogP contribution >= 0.6 is 46.2 Å². The van der Waals surface area contributed by atoms with E-state index in [1.165, 1.54) is 46.2 Å². The van der Waals surface area contributed by atoms with Gasteiger partial charge in [-0.15, -0.1) is 22.7 Å². The zero-order valence-corrected chi connectivity index (χ0v) is 24.4. The van der Waals surface area contributed by atoms with Crippen LogP contribution in [0.5, 0.6) is 0 Å². The van der Waals surface area contributed by atoms with Crippen molar-refractivity contribution in [2.75, 3.05) is 10.6 Å². The highest BCUT2D eigenvalue weighted by molar-refractivity contribution is 8.19. The second kappa shape index (κ2) is 11.3. The van der Waals surface area contributed by atoms with Gasteiger partial charge in [0.1, 0.15) is 11.4 Å². The van der Waals surface area contributed by atoms with Crippen molar-refractivity contribution in [2.24, 2.45) is 9.98 Å². The molecule has 4 heterocycles. The molecule has 6 rings (SSSR count). The minimum Gasteiger partial charge on any atom is -0.310 e. The quantitative estimate of drug-likeness (QED) is 0.235. The largest absolute Gasteiger partial charge is 0.310 e. The molecule has 0 fully saturated rings. The van der Waals surface area contributed by atoms with Gasteiger partial charge in [0.15, 0.2) is 20.6 Å². The second-order valence-electron chi connectivity index (χ2n) is 8.81. The van der Waals surface area contributed by atoms with E-state index in [2.05, 4.69) is 30.6 Å². The minimum atomic E-state index is -0.275. The third kappa shape index (κ3) is 6.15. The lowest BCUT2D eigenvalue weighted by Gasteiger charge is -2.00. The highest BCUT2D eigenvalue weighted by Crippen LogP contribution is 2.34. The van der Waals surface area contributed by atoms with Crippen LogP contribution in [-0.4, -0.2) is 32.1 Å². The topological polar surface area (TPSA) is 109 Å². The molecule has 0 saturated carbocycles. The summed E-state index contributed by atoms with van der Waals surface area (Å²) in [5, 5.41) is 12.2. The number of amides is 2. The summed E-state index contributed by atoms with van der Waals surface area (Å²) in [6, 6.07) is 15.9. The maximum absolute atomic E-state index is 12.4. The van der Waals surface area contributed by atoms with Crippen LogP contribution in [0.15, 0.2) is 79.1 Å². The van der Waals surface area contributed by atoms with Crippen molar-refractivity contribution in [3.63, 3.8) is 0 Å². The van der Waals surface area contributed by atoms with Crippen molar-refractivity contribution in [1.82, 2.24) is 9.97 Å². The molecule has 2 aromatic heterocycles. The molecule has 2 aromatic carbocycles. The van der Waals surface area contributed by atoms with Gasteiger partial charge in [0.05, 0.1) is 9.81 Å². The monoisotopic (exact) mass is 600 g/mol. The number of benzene rings is 2. The fourth-order valence-corrected chi connectivity index (χ4v) is 6.79. The van der Waals surface area contributed by atoms with Gasteiger partial charge < -0.3 is 10.6 Å². The number of carbonyl (C=O) groups is 2. The van der Waals surface area contributed by atoms with Crippen LogP contribution in [0, 0.1) is 13.8 Å². The van der Waals surface area contributed by atoms with E-state index >= 15 is 0 Å². The Hall–Kier alpha value is -3.84. The van der Waals surface area contributed by atoms with Crippen molar-refractivity contribution in [3.8, 4) is 11.4 Å².